The number of carbonyl (C=O) groups is 1. The number of aromatic nitrogens is 1. The summed E-state index contributed by atoms with van der Waals surface area (Å²) in [5.74, 6) is -1.12. The number of benzene rings is 2. The van der Waals surface area contributed by atoms with Gasteiger partial charge in [-0.2, -0.15) is 8.78 Å². The highest BCUT2D eigenvalue weighted by atomic mass is 19.3. The Morgan fingerprint density at radius 3 is 2.45 bits per heavy atom. The molecule has 3 fully saturated rings. The molecule has 2 atom stereocenters. The molecule has 6 nitrogen and oxygen atoms in total. The summed E-state index contributed by atoms with van der Waals surface area (Å²) >= 11 is 0. The van der Waals surface area contributed by atoms with Gasteiger partial charge in [0.25, 0.3) is 0 Å². The number of ether oxygens (including phenoxy) is 2. The van der Waals surface area contributed by atoms with Gasteiger partial charge in [0.2, 0.25) is 0 Å². The molecule has 2 aromatic carbocycles. The number of carboxylic acid groups (broad SMARTS) is 1. The molecule has 1 aliphatic carbocycles. The standard InChI is InChI=1S/C29H29F3N2O4/c30-24-11-17(28(35)36)7-10-25(24)34-18-8-9-19(34)13-20(12-18)37-15-23-22(14-33-27(23)16-5-6-16)21-3-1-2-4-26(21)38-29(31)32/h1-4,7,10-11,14,16,18-20,29,33H,5-6,8-9,12-13,15H2,(H,35,36). The van der Waals surface area contributed by atoms with E-state index in [1.54, 1.807) is 30.3 Å². The van der Waals surface area contributed by atoms with Crippen molar-refractivity contribution in [2.75, 3.05) is 4.90 Å². The zero-order valence-corrected chi connectivity index (χ0v) is 20.7. The van der Waals surface area contributed by atoms with Gasteiger partial charge < -0.3 is 24.5 Å². The lowest BCUT2D eigenvalue weighted by Gasteiger charge is -2.40. The maximum absolute atomic E-state index is 14.8. The number of para-hydroxylation sites is 1. The summed E-state index contributed by atoms with van der Waals surface area (Å²) in [5, 5.41) is 9.16. The molecule has 2 aliphatic heterocycles. The van der Waals surface area contributed by atoms with Crippen molar-refractivity contribution in [3.8, 4) is 16.9 Å². The molecule has 38 heavy (non-hydrogen) atoms. The molecule has 9 heteroatoms. The molecule has 3 heterocycles. The predicted molar refractivity (Wildman–Crippen MR) is 135 cm³/mol. The molecule has 3 aromatic rings. The van der Waals surface area contributed by atoms with Crippen LogP contribution in [0.1, 0.15) is 66.1 Å². The number of hydrogen-bond donors (Lipinski definition) is 2. The van der Waals surface area contributed by atoms with E-state index < -0.39 is 18.4 Å². The van der Waals surface area contributed by atoms with Gasteiger partial charge in [-0.15, -0.1) is 0 Å². The van der Waals surface area contributed by atoms with Crippen molar-refractivity contribution in [3.05, 3.63) is 71.3 Å². The molecule has 1 aromatic heterocycles. The highest BCUT2D eigenvalue weighted by molar-refractivity contribution is 5.88. The van der Waals surface area contributed by atoms with Crippen molar-refractivity contribution in [1.29, 1.82) is 0 Å². The lowest BCUT2D eigenvalue weighted by molar-refractivity contribution is -0.0494. The molecule has 2 unspecified atom stereocenters. The topological polar surface area (TPSA) is 74.8 Å². The number of alkyl halides is 2. The van der Waals surface area contributed by atoms with Gasteiger partial charge in [-0.3, -0.25) is 0 Å². The van der Waals surface area contributed by atoms with Gasteiger partial charge in [-0.05, 0) is 68.7 Å². The maximum atomic E-state index is 14.8. The minimum absolute atomic E-state index is 0.0209. The first kappa shape index (κ1) is 24.9. The molecule has 3 aliphatic rings. The fraction of sp³-hybridized carbons (Fsp3) is 0.414. The smallest absolute Gasteiger partial charge is 0.387 e. The number of halogens is 3. The molecule has 0 spiro atoms. The SMILES string of the molecule is O=C(O)c1ccc(N2C3CCC2CC(OCc2c(-c4ccccc4OC(F)F)c[nH]c2C2CC2)C3)c(F)c1. The fourth-order valence-corrected chi connectivity index (χ4v) is 6.20. The molecule has 0 amide bonds. The van der Waals surface area contributed by atoms with Crippen molar-refractivity contribution in [2.45, 2.75) is 75.8 Å². The zero-order valence-electron chi connectivity index (χ0n) is 20.7. The Morgan fingerprint density at radius 2 is 1.79 bits per heavy atom. The van der Waals surface area contributed by atoms with E-state index >= 15 is 0 Å². The number of hydrogen-bond acceptors (Lipinski definition) is 4. The Bertz CT molecular complexity index is 1330. The van der Waals surface area contributed by atoms with Crippen molar-refractivity contribution in [2.24, 2.45) is 0 Å². The third kappa shape index (κ3) is 4.75. The Balaban J connectivity index is 1.20. The van der Waals surface area contributed by atoms with E-state index in [4.69, 9.17) is 14.6 Å². The number of carboxylic acids is 1. The summed E-state index contributed by atoms with van der Waals surface area (Å²) < 4.78 is 52.2. The van der Waals surface area contributed by atoms with Crippen LogP contribution in [0.2, 0.25) is 0 Å². The van der Waals surface area contributed by atoms with E-state index in [0.29, 0.717) is 23.8 Å². The van der Waals surface area contributed by atoms with Crippen LogP contribution >= 0.6 is 0 Å². The van der Waals surface area contributed by atoms with Gasteiger partial charge in [-0.25, -0.2) is 9.18 Å². The first-order valence-electron chi connectivity index (χ1n) is 13.1. The second kappa shape index (κ2) is 10.0. The zero-order chi connectivity index (χ0) is 26.4. The van der Waals surface area contributed by atoms with Crippen LogP contribution in [0.3, 0.4) is 0 Å². The number of aromatic carboxylic acids is 1. The fourth-order valence-electron chi connectivity index (χ4n) is 6.20. The van der Waals surface area contributed by atoms with Crippen LogP contribution in [0.15, 0.2) is 48.7 Å². The largest absolute Gasteiger partial charge is 0.478 e. The van der Waals surface area contributed by atoms with E-state index in [1.165, 1.54) is 6.07 Å². The van der Waals surface area contributed by atoms with Crippen molar-refractivity contribution in [1.82, 2.24) is 4.98 Å². The number of nitrogens with zero attached hydrogens (tertiary/aromatic N) is 1. The van der Waals surface area contributed by atoms with Crippen LogP contribution in [0.25, 0.3) is 11.1 Å². The molecular formula is C29H29F3N2O4. The highest BCUT2D eigenvalue weighted by Gasteiger charge is 2.42. The Labute approximate surface area is 218 Å². The number of piperidine rings is 1. The molecule has 2 N–H and O–H groups in total. The quantitative estimate of drug-likeness (QED) is 0.324. The van der Waals surface area contributed by atoms with Gasteiger partial charge in [0.15, 0.2) is 0 Å². The average molecular weight is 527 g/mol. The van der Waals surface area contributed by atoms with Gasteiger partial charge >= 0.3 is 12.6 Å². The minimum Gasteiger partial charge on any atom is -0.478 e. The molecule has 2 saturated heterocycles. The van der Waals surface area contributed by atoms with E-state index in [9.17, 15) is 18.0 Å². The van der Waals surface area contributed by atoms with Crippen LogP contribution in [0, 0.1) is 5.82 Å². The molecule has 2 bridgehead atoms. The Kier molecular flexibility index (Phi) is 6.55. The van der Waals surface area contributed by atoms with Crippen LogP contribution < -0.4 is 9.64 Å². The van der Waals surface area contributed by atoms with Crippen LogP contribution in [-0.2, 0) is 11.3 Å². The van der Waals surface area contributed by atoms with Crippen LogP contribution in [0.4, 0.5) is 18.9 Å². The first-order valence-corrected chi connectivity index (χ1v) is 13.1. The van der Waals surface area contributed by atoms with E-state index in [0.717, 1.165) is 61.4 Å². The second-order valence-corrected chi connectivity index (χ2v) is 10.4. The maximum Gasteiger partial charge on any atom is 0.387 e. The van der Waals surface area contributed by atoms with Gasteiger partial charge in [0.1, 0.15) is 11.6 Å². The van der Waals surface area contributed by atoms with E-state index in [1.807, 2.05) is 6.20 Å². The Hall–Kier alpha value is -3.46. The van der Waals surface area contributed by atoms with Gasteiger partial charge in [0, 0.05) is 40.7 Å². The molecule has 6 rings (SSSR count). The van der Waals surface area contributed by atoms with Crippen molar-refractivity contribution < 1.29 is 32.5 Å². The van der Waals surface area contributed by atoms with Crippen molar-refractivity contribution >= 4 is 11.7 Å². The molecule has 200 valence electrons. The normalized spacial score (nSPS) is 22.7. The summed E-state index contributed by atoms with van der Waals surface area (Å²) in [6.07, 6.45) is 7.31. The average Bonchev–Trinajstić information content (AvgIpc) is 3.59. The number of fused-ring (bicyclic) bond motifs is 2. The number of rotatable bonds is 9. The summed E-state index contributed by atoms with van der Waals surface area (Å²) in [5.41, 5.74) is 3.86. The number of H-pyrrole nitrogens is 1. The third-order valence-electron chi connectivity index (χ3n) is 8.03. The summed E-state index contributed by atoms with van der Waals surface area (Å²) in [4.78, 5) is 16.7. The third-order valence-corrected chi connectivity index (χ3v) is 8.03. The molecular weight excluding hydrogens is 497 g/mol. The van der Waals surface area contributed by atoms with Crippen molar-refractivity contribution in [3.63, 3.8) is 0 Å². The second-order valence-electron chi connectivity index (χ2n) is 10.4. The molecule has 0 radical (unpaired) electrons. The lowest BCUT2D eigenvalue weighted by Crippen LogP contribution is -2.46. The van der Waals surface area contributed by atoms with Gasteiger partial charge in [0.05, 0.1) is 24.0 Å². The summed E-state index contributed by atoms with van der Waals surface area (Å²) in [6, 6.07) is 11.1. The number of anilines is 1. The monoisotopic (exact) mass is 526 g/mol. The number of nitrogens with one attached hydrogen (secondary N) is 1. The van der Waals surface area contributed by atoms with E-state index in [-0.39, 0.29) is 29.5 Å². The summed E-state index contributed by atoms with van der Waals surface area (Å²) in [6.45, 7) is -2.57. The highest BCUT2D eigenvalue weighted by Crippen LogP contribution is 2.46. The minimum atomic E-state index is -2.91. The van der Waals surface area contributed by atoms with E-state index in [2.05, 4.69) is 9.88 Å². The first-order chi connectivity index (χ1) is 18.4. The van der Waals surface area contributed by atoms with Gasteiger partial charge in [-0.1, -0.05) is 18.2 Å². The van der Waals surface area contributed by atoms with Crippen LogP contribution in [-0.4, -0.2) is 40.9 Å². The Morgan fingerprint density at radius 1 is 1.05 bits per heavy atom. The number of aromatic amines is 1. The molecule has 1 saturated carbocycles. The summed E-state index contributed by atoms with van der Waals surface area (Å²) in [7, 11) is 0. The van der Waals surface area contributed by atoms with Crippen LogP contribution in [0.5, 0.6) is 5.75 Å². The lowest BCUT2D eigenvalue weighted by atomic mass is 9.97. The predicted octanol–water partition coefficient (Wildman–Crippen LogP) is 6.71.